The Bertz CT molecular complexity index is 915. The summed E-state index contributed by atoms with van der Waals surface area (Å²) in [6.07, 6.45) is 2.53. The Balaban J connectivity index is 2.13. The summed E-state index contributed by atoms with van der Waals surface area (Å²) in [4.78, 5) is 14.7. The third-order valence-corrected chi connectivity index (χ3v) is 4.71. The van der Waals surface area contributed by atoms with Crippen LogP contribution in [0.3, 0.4) is 0 Å². The van der Waals surface area contributed by atoms with Crippen LogP contribution in [0.1, 0.15) is 40.5 Å². The lowest BCUT2D eigenvalue weighted by Gasteiger charge is -2.07. The number of aromatic nitrogens is 1. The SMILES string of the molecule is CCCc1[nH]c2ccc(C(=O)O)cc2c1Cc1ccc(Cl)cc1Cl. The largest absolute Gasteiger partial charge is 0.478 e. The summed E-state index contributed by atoms with van der Waals surface area (Å²) in [7, 11) is 0. The van der Waals surface area contributed by atoms with Crippen LogP contribution in [0, 0.1) is 0 Å². The zero-order valence-corrected chi connectivity index (χ0v) is 14.7. The molecule has 5 heteroatoms. The van der Waals surface area contributed by atoms with Crippen LogP contribution in [0.4, 0.5) is 0 Å². The van der Waals surface area contributed by atoms with Crippen molar-refractivity contribution < 1.29 is 9.90 Å². The minimum Gasteiger partial charge on any atom is -0.478 e. The number of aryl methyl sites for hydroxylation is 1. The summed E-state index contributed by atoms with van der Waals surface area (Å²) in [6.45, 7) is 2.12. The summed E-state index contributed by atoms with van der Waals surface area (Å²) in [5.74, 6) is -0.925. The van der Waals surface area contributed by atoms with E-state index in [2.05, 4.69) is 11.9 Å². The fourth-order valence-electron chi connectivity index (χ4n) is 2.96. The predicted molar refractivity (Wildman–Crippen MR) is 98.5 cm³/mol. The first kappa shape index (κ1) is 16.9. The summed E-state index contributed by atoms with van der Waals surface area (Å²) >= 11 is 12.3. The van der Waals surface area contributed by atoms with Crippen LogP contribution in [0.25, 0.3) is 10.9 Å². The van der Waals surface area contributed by atoms with Gasteiger partial charge in [-0.05, 0) is 47.9 Å². The molecule has 2 aromatic carbocycles. The van der Waals surface area contributed by atoms with Gasteiger partial charge < -0.3 is 10.1 Å². The van der Waals surface area contributed by atoms with Gasteiger partial charge in [-0.1, -0.05) is 42.6 Å². The molecule has 3 nitrogen and oxygen atoms in total. The van der Waals surface area contributed by atoms with E-state index in [-0.39, 0.29) is 5.56 Å². The van der Waals surface area contributed by atoms with E-state index in [1.54, 1.807) is 18.2 Å². The number of nitrogens with one attached hydrogen (secondary N) is 1. The maximum atomic E-state index is 11.3. The van der Waals surface area contributed by atoms with Crippen molar-refractivity contribution in [3.8, 4) is 0 Å². The Kier molecular flexibility index (Phi) is 4.83. The number of aromatic carboxylic acids is 1. The standard InChI is InChI=1S/C19H17Cl2NO2/c1-2-3-17-14(8-11-4-6-13(20)10-16(11)21)15-9-12(19(23)24)5-7-18(15)22-17/h4-7,9-10,22H,2-3,8H2,1H3,(H,23,24). The van der Waals surface area contributed by atoms with Crippen molar-refractivity contribution in [3.05, 3.63) is 68.8 Å². The van der Waals surface area contributed by atoms with Gasteiger partial charge in [0.1, 0.15) is 0 Å². The normalized spacial score (nSPS) is 11.1. The van der Waals surface area contributed by atoms with Gasteiger partial charge in [-0.15, -0.1) is 0 Å². The lowest BCUT2D eigenvalue weighted by atomic mass is 9.99. The fraction of sp³-hybridized carbons (Fsp3) is 0.211. The molecule has 24 heavy (non-hydrogen) atoms. The molecule has 0 saturated carbocycles. The van der Waals surface area contributed by atoms with Gasteiger partial charge in [-0.2, -0.15) is 0 Å². The molecule has 124 valence electrons. The smallest absolute Gasteiger partial charge is 0.335 e. The number of H-pyrrole nitrogens is 1. The summed E-state index contributed by atoms with van der Waals surface area (Å²) in [5, 5.41) is 11.4. The molecule has 0 unspecified atom stereocenters. The third kappa shape index (κ3) is 3.28. The molecule has 0 spiro atoms. The molecule has 0 saturated heterocycles. The van der Waals surface area contributed by atoms with E-state index in [9.17, 15) is 9.90 Å². The van der Waals surface area contributed by atoms with Crippen molar-refractivity contribution in [2.75, 3.05) is 0 Å². The number of aromatic amines is 1. The van der Waals surface area contributed by atoms with Gasteiger partial charge in [0.05, 0.1) is 5.56 Å². The number of carboxylic acids is 1. The number of hydrogen-bond acceptors (Lipinski definition) is 1. The van der Waals surface area contributed by atoms with Gasteiger partial charge in [0.2, 0.25) is 0 Å². The molecule has 0 bridgehead atoms. The first-order valence-electron chi connectivity index (χ1n) is 7.80. The van der Waals surface area contributed by atoms with Crippen LogP contribution >= 0.6 is 23.2 Å². The zero-order valence-electron chi connectivity index (χ0n) is 13.2. The van der Waals surface area contributed by atoms with Crippen molar-refractivity contribution in [3.63, 3.8) is 0 Å². The molecule has 0 aliphatic heterocycles. The van der Waals surface area contributed by atoms with Crippen LogP contribution in [0.15, 0.2) is 36.4 Å². The molecule has 1 aromatic heterocycles. The number of hydrogen-bond donors (Lipinski definition) is 2. The fourth-order valence-corrected chi connectivity index (χ4v) is 3.43. The Hall–Kier alpha value is -1.97. The third-order valence-electron chi connectivity index (χ3n) is 4.12. The van der Waals surface area contributed by atoms with E-state index >= 15 is 0 Å². The van der Waals surface area contributed by atoms with Gasteiger partial charge in [0, 0.05) is 33.1 Å². The zero-order chi connectivity index (χ0) is 17.3. The Morgan fingerprint density at radius 3 is 2.62 bits per heavy atom. The molecule has 2 N–H and O–H groups in total. The minimum atomic E-state index is -0.925. The summed E-state index contributed by atoms with van der Waals surface area (Å²) in [5.41, 5.74) is 4.43. The number of fused-ring (bicyclic) bond motifs is 1. The molecule has 0 fully saturated rings. The Labute approximate surface area is 150 Å². The van der Waals surface area contributed by atoms with Crippen molar-refractivity contribution in [2.24, 2.45) is 0 Å². The lowest BCUT2D eigenvalue weighted by Crippen LogP contribution is -1.97. The molecule has 3 aromatic rings. The first-order chi connectivity index (χ1) is 11.5. The molecular weight excluding hydrogens is 345 g/mol. The van der Waals surface area contributed by atoms with Crippen LogP contribution in [-0.2, 0) is 12.8 Å². The highest BCUT2D eigenvalue weighted by molar-refractivity contribution is 6.35. The highest BCUT2D eigenvalue weighted by Crippen LogP contribution is 2.30. The first-order valence-corrected chi connectivity index (χ1v) is 8.56. The second kappa shape index (κ2) is 6.88. The highest BCUT2D eigenvalue weighted by atomic mass is 35.5. The number of carboxylic acid groups (broad SMARTS) is 1. The van der Waals surface area contributed by atoms with Gasteiger partial charge in [0.25, 0.3) is 0 Å². The van der Waals surface area contributed by atoms with Crippen molar-refractivity contribution in [1.82, 2.24) is 4.98 Å². The van der Waals surface area contributed by atoms with E-state index in [0.717, 1.165) is 40.6 Å². The highest BCUT2D eigenvalue weighted by Gasteiger charge is 2.15. The van der Waals surface area contributed by atoms with Gasteiger partial charge in [0.15, 0.2) is 0 Å². The van der Waals surface area contributed by atoms with Crippen LogP contribution in [0.5, 0.6) is 0 Å². The Morgan fingerprint density at radius 2 is 1.96 bits per heavy atom. The van der Waals surface area contributed by atoms with E-state index in [1.807, 2.05) is 18.2 Å². The van der Waals surface area contributed by atoms with Gasteiger partial charge in [-0.25, -0.2) is 4.79 Å². The van der Waals surface area contributed by atoms with E-state index in [4.69, 9.17) is 23.2 Å². The van der Waals surface area contributed by atoms with Gasteiger partial charge >= 0.3 is 5.97 Å². The predicted octanol–water partition coefficient (Wildman–Crippen LogP) is 5.72. The molecule has 0 aliphatic carbocycles. The number of carbonyl (C=O) groups is 1. The Morgan fingerprint density at radius 1 is 1.17 bits per heavy atom. The van der Waals surface area contributed by atoms with E-state index in [0.29, 0.717) is 16.5 Å². The average molecular weight is 362 g/mol. The van der Waals surface area contributed by atoms with Crippen molar-refractivity contribution in [1.29, 1.82) is 0 Å². The van der Waals surface area contributed by atoms with Gasteiger partial charge in [-0.3, -0.25) is 0 Å². The second-order valence-electron chi connectivity index (χ2n) is 5.81. The van der Waals surface area contributed by atoms with E-state index in [1.165, 1.54) is 0 Å². The molecule has 0 aliphatic rings. The number of benzene rings is 2. The molecule has 1 heterocycles. The van der Waals surface area contributed by atoms with Crippen molar-refractivity contribution >= 4 is 40.1 Å². The minimum absolute atomic E-state index is 0.285. The molecular formula is C19H17Cl2NO2. The molecule has 0 radical (unpaired) electrons. The van der Waals surface area contributed by atoms with E-state index < -0.39 is 5.97 Å². The lowest BCUT2D eigenvalue weighted by molar-refractivity contribution is 0.0697. The second-order valence-corrected chi connectivity index (χ2v) is 6.65. The number of halogens is 2. The summed E-state index contributed by atoms with van der Waals surface area (Å²) < 4.78 is 0. The van der Waals surface area contributed by atoms with Crippen molar-refractivity contribution in [2.45, 2.75) is 26.2 Å². The molecule has 0 atom stereocenters. The quantitative estimate of drug-likeness (QED) is 0.610. The van der Waals surface area contributed by atoms with Crippen LogP contribution in [-0.4, -0.2) is 16.1 Å². The number of rotatable bonds is 5. The maximum absolute atomic E-state index is 11.3. The van der Waals surface area contributed by atoms with Crippen LogP contribution < -0.4 is 0 Å². The maximum Gasteiger partial charge on any atom is 0.335 e. The molecule has 3 rings (SSSR count). The molecule has 0 amide bonds. The van der Waals surface area contributed by atoms with Crippen LogP contribution in [0.2, 0.25) is 10.0 Å². The monoisotopic (exact) mass is 361 g/mol. The summed E-state index contributed by atoms with van der Waals surface area (Å²) in [6, 6.07) is 10.6. The topological polar surface area (TPSA) is 53.1 Å². The average Bonchev–Trinajstić information content (AvgIpc) is 2.87.